The second kappa shape index (κ2) is 5.52. The van der Waals surface area contributed by atoms with Gasteiger partial charge >= 0.3 is 104 Å². The first-order valence-corrected chi connectivity index (χ1v) is 9.65. The van der Waals surface area contributed by atoms with Crippen molar-refractivity contribution in [3.63, 3.8) is 0 Å². The van der Waals surface area contributed by atoms with Gasteiger partial charge in [0, 0.05) is 0 Å². The molecule has 2 rings (SSSR count). The van der Waals surface area contributed by atoms with Crippen molar-refractivity contribution < 1.29 is 0 Å². The molecule has 75 valence electrons. The summed E-state index contributed by atoms with van der Waals surface area (Å²) in [6, 6.07) is 21.7. The van der Waals surface area contributed by atoms with Crippen LogP contribution in [0.4, 0.5) is 0 Å². The Kier molecular flexibility index (Phi) is 4.03. The first-order chi connectivity index (χ1) is 7.42. The van der Waals surface area contributed by atoms with E-state index in [0.29, 0.717) is 0 Å². The second-order valence-electron chi connectivity index (χ2n) is 3.34. The van der Waals surface area contributed by atoms with E-state index < -0.39 is 14.3 Å². The normalized spacial score (nSPS) is 10.5. The summed E-state index contributed by atoms with van der Waals surface area (Å²) in [6.45, 7) is 0. The maximum absolute atomic E-state index is 3.66. The Morgan fingerprint density at radius 2 is 1.13 bits per heavy atom. The van der Waals surface area contributed by atoms with E-state index >= 15 is 0 Å². The van der Waals surface area contributed by atoms with Gasteiger partial charge in [-0.15, -0.1) is 0 Å². The average Bonchev–Trinajstić information content (AvgIpc) is 2.33. The number of rotatable bonds is 3. The minimum absolute atomic E-state index is 1.13. The van der Waals surface area contributed by atoms with E-state index in [0.717, 1.165) is 4.16 Å². The fraction of sp³-hybridized carbons (Fsp3) is 0.0769. The van der Waals surface area contributed by atoms with Crippen LogP contribution in [0.15, 0.2) is 60.7 Å². The monoisotopic (exact) mass is 321 g/mol. The molecule has 0 aliphatic carbocycles. The summed E-state index contributed by atoms with van der Waals surface area (Å²) in [5.41, 5.74) is 0. The van der Waals surface area contributed by atoms with Crippen LogP contribution < -0.4 is 8.79 Å². The van der Waals surface area contributed by atoms with E-state index in [1.54, 1.807) is 0 Å². The van der Waals surface area contributed by atoms with Crippen LogP contribution >= 0.6 is 15.9 Å². The molecule has 15 heavy (non-hydrogen) atoms. The van der Waals surface area contributed by atoms with Gasteiger partial charge in [-0.2, -0.15) is 0 Å². The Labute approximate surface area is 104 Å². The van der Waals surface area contributed by atoms with Gasteiger partial charge in [0.1, 0.15) is 0 Å². The number of benzene rings is 2. The zero-order valence-electron chi connectivity index (χ0n) is 8.36. The van der Waals surface area contributed by atoms with Crippen LogP contribution in [0.25, 0.3) is 0 Å². The third-order valence-corrected chi connectivity index (χ3v) is 10.2. The topological polar surface area (TPSA) is 0 Å². The fourth-order valence-corrected chi connectivity index (χ4v) is 8.81. The molecular formula is C13H12BrGe. The van der Waals surface area contributed by atoms with Crippen molar-refractivity contribution in [1.82, 2.24) is 0 Å². The van der Waals surface area contributed by atoms with Crippen LogP contribution in [0.1, 0.15) is 0 Å². The first-order valence-electron chi connectivity index (χ1n) is 4.94. The van der Waals surface area contributed by atoms with Crippen molar-refractivity contribution in [3.05, 3.63) is 60.7 Å². The van der Waals surface area contributed by atoms with Gasteiger partial charge in [0.15, 0.2) is 0 Å². The van der Waals surface area contributed by atoms with Gasteiger partial charge in [0.2, 0.25) is 0 Å². The van der Waals surface area contributed by atoms with Gasteiger partial charge < -0.3 is 0 Å². The van der Waals surface area contributed by atoms with E-state index in [-0.39, 0.29) is 0 Å². The van der Waals surface area contributed by atoms with Gasteiger partial charge in [-0.25, -0.2) is 0 Å². The average molecular weight is 321 g/mol. The van der Waals surface area contributed by atoms with Gasteiger partial charge in [-0.3, -0.25) is 0 Å². The van der Waals surface area contributed by atoms with E-state index in [4.69, 9.17) is 0 Å². The van der Waals surface area contributed by atoms with Gasteiger partial charge in [-0.05, 0) is 0 Å². The summed E-state index contributed by atoms with van der Waals surface area (Å²) in [5, 5.41) is 0. The summed E-state index contributed by atoms with van der Waals surface area (Å²) >= 11 is 2.36. The Morgan fingerprint density at radius 3 is 1.47 bits per heavy atom. The number of alkyl halides is 1. The summed E-state index contributed by atoms with van der Waals surface area (Å²) in [5.74, 6) is 0. The quantitative estimate of drug-likeness (QED) is 0.601. The molecule has 1 radical (unpaired) electrons. The number of hydrogen-bond acceptors (Lipinski definition) is 0. The van der Waals surface area contributed by atoms with Crippen molar-refractivity contribution >= 4 is 39.1 Å². The molecule has 0 fully saturated rings. The first kappa shape index (κ1) is 11.0. The molecule has 0 aliphatic rings. The van der Waals surface area contributed by atoms with E-state index in [2.05, 4.69) is 76.6 Å². The van der Waals surface area contributed by atoms with Crippen molar-refractivity contribution in [2.75, 3.05) is 4.16 Å². The van der Waals surface area contributed by atoms with Crippen LogP contribution in [-0.2, 0) is 0 Å². The number of hydrogen-bond donors (Lipinski definition) is 0. The molecule has 0 unspecified atom stereocenters. The Bertz CT molecular complexity index is 360. The molecule has 2 aromatic carbocycles. The molecule has 2 aromatic rings. The predicted molar refractivity (Wildman–Crippen MR) is 71.7 cm³/mol. The standard InChI is InChI=1S/C13H12BrGe/c14-11-15(12-7-3-1-4-8-12)13-9-5-2-6-10-13/h1-10H,11H2. The summed E-state index contributed by atoms with van der Waals surface area (Å²) in [6.07, 6.45) is 0. The molecule has 0 aromatic heterocycles. The van der Waals surface area contributed by atoms with E-state index in [1.807, 2.05) is 0 Å². The minimum atomic E-state index is -1.31. The van der Waals surface area contributed by atoms with Gasteiger partial charge in [0.25, 0.3) is 0 Å². The van der Waals surface area contributed by atoms with E-state index in [1.165, 1.54) is 8.79 Å². The van der Waals surface area contributed by atoms with Crippen LogP contribution in [0.5, 0.6) is 0 Å². The molecule has 0 heterocycles. The molecule has 0 N–H and O–H groups in total. The molecule has 0 saturated heterocycles. The Balaban J connectivity index is 2.34. The summed E-state index contributed by atoms with van der Waals surface area (Å²) in [4.78, 5) is 0. The zero-order chi connectivity index (χ0) is 10.5. The number of halogens is 1. The Morgan fingerprint density at radius 1 is 0.733 bits per heavy atom. The maximum atomic E-state index is 3.66. The van der Waals surface area contributed by atoms with Crippen molar-refractivity contribution in [2.24, 2.45) is 0 Å². The van der Waals surface area contributed by atoms with Gasteiger partial charge in [0.05, 0.1) is 0 Å². The third-order valence-electron chi connectivity index (χ3n) is 2.38. The SMILES string of the molecule is Br[CH2][Ge]([c]1ccccc1)[c]1ccccc1. The molecule has 0 saturated carbocycles. The zero-order valence-corrected chi connectivity index (χ0v) is 12.0. The van der Waals surface area contributed by atoms with Crippen molar-refractivity contribution in [3.8, 4) is 0 Å². The summed E-state index contributed by atoms with van der Waals surface area (Å²) < 4.78 is 4.18. The van der Waals surface area contributed by atoms with Crippen LogP contribution in [0, 0.1) is 0 Å². The fourth-order valence-electron chi connectivity index (χ4n) is 1.60. The molecule has 0 spiro atoms. The van der Waals surface area contributed by atoms with Crippen LogP contribution in [0.3, 0.4) is 0 Å². The van der Waals surface area contributed by atoms with Gasteiger partial charge in [-0.1, -0.05) is 0 Å². The third kappa shape index (κ3) is 2.73. The molecule has 0 amide bonds. The second-order valence-corrected chi connectivity index (χ2v) is 11.2. The van der Waals surface area contributed by atoms with Crippen LogP contribution in [-0.4, -0.2) is 18.5 Å². The molecule has 0 bridgehead atoms. The molecule has 0 atom stereocenters. The van der Waals surface area contributed by atoms with Crippen LogP contribution in [0.2, 0.25) is 0 Å². The summed E-state index contributed by atoms with van der Waals surface area (Å²) in [7, 11) is 0. The van der Waals surface area contributed by atoms with Crippen molar-refractivity contribution in [1.29, 1.82) is 0 Å². The Hall–Kier alpha value is -0.537. The predicted octanol–water partition coefficient (Wildman–Crippen LogP) is 2.23. The van der Waals surface area contributed by atoms with Crippen molar-refractivity contribution in [2.45, 2.75) is 0 Å². The molecule has 0 aliphatic heterocycles. The molecular weight excluding hydrogens is 309 g/mol. The molecule has 2 heteroatoms. The molecule has 0 nitrogen and oxygen atoms in total. The van der Waals surface area contributed by atoms with E-state index in [9.17, 15) is 0 Å².